The van der Waals surface area contributed by atoms with Gasteiger partial charge in [-0.15, -0.1) is 10.2 Å². The minimum Gasteiger partial charge on any atom is -0.411 e. The largest absolute Gasteiger partial charge is 0.411 e. The van der Waals surface area contributed by atoms with Crippen LogP contribution in [0.4, 0.5) is 0 Å². The number of benzene rings is 2. The Hall–Kier alpha value is -1.63. The Labute approximate surface area is 150 Å². The number of hydrogen-bond acceptors (Lipinski definition) is 5. The van der Waals surface area contributed by atoms with Gasteiger partial charge in [0.2, 0.25) is 5.89 Å². The van der Waals surface area contributed by atoms with E-state index in [0.29, 0.717) is 21.7 Å². The van der Waals surface area contributed by atoms with E-state index >= 15 is 0 Å². The molecule has 0 unspecified atom stereocenters. The van der Waals surface area contributed by atoms with Crippen LogP contribution in [0, 0.1) is 0 Å². The number of carbonyl (C=O) groups is 1. The third-order valence-electron chi connectivity index (χ3n) is 2.99. The summed E-state index contributed by atoms with van der Waals surface area (Å²) >= 11 is 10.4. The molecule has 7 heteroatoms. The van der Waals surface area contributed by atoms with Crippen molar-refractivity contribution < 1.29 is 9.21 Å². The maximum atomic E-state index is 12.1. The fourth-order valence-corrected chi connectivity index (χ4v) is 2.87. The van der Waals surface area contributed by atoms with Crippen LogP contribution >= 0.6 is 39.3 Å². The van der Waals surface area contributed by atoms with Crippen LogP contribution in [0.25, 0.3) is 11.5 Å². The molecule has 0 fully saturated rings. The number of halogens is 2. The molecule has 1 aromatic heterocycles. The fraction of sp³-hybridized carbons (Fsp3) is 0.0625. The molecular formula is C16H10BrClN2O2S. The predicted molar refractivity (Wildman–Crippen MR) is 93.9 cm³/mol. The van der Waals surface area contributed by atoms with E-state index in [1.807, 2.05) is 24.3 Å². The normalized spacial score (nSPS) is 10.7. The average Bonchev–Trinajstić information content (AvgIpc) is 3.03. The van der Waals surface area contributed by atoms with Crippen LogP contribution in [-0.4, -0.2) is 21.7 Å². The van der Waals surface area contributed by atoms with Gasteiger partial charge in [0, 0.05) is 20.6 Å². The second kappa shape index (κ2) is 7.29. The molecular weight excluding hydrogens is 400 g/mol. The highest BCUT2D eigenvalue weighted by molar-refractivity contribution is 9.10. The molecule has 0 aliphatic rings. The van der Waals surface area contributed by atoms with Gasteiger partial charge in [-0.3, -0.25) is 4.79 Å². The molecule has 0 aliphatic heterocycles. The number of thioether (sulfide) groups is 1. The Bertz CT molecular complexity index is 819. The summed E-state index contributed by atoms with van der Waals surface area (Å²) in [5, 5.41) is 8.92. The summed E-state index contributed by atoms with van der Waals surface area (Å²) in [6.45, 7) is 0. The van der Waals surface area contributed by atoms with Crippen molar-refractivity contribution in [3.8, 4) is 11.5 Å². The Balaban J connectivity index is 1.64. The van der Waals surface area contributed by atoms with Gasteiger partial charge >= 0.3 is 0 Å². The van der Waals surface area contributed by atoms with Crippen LogP contribution in [-0.2, 0) is 0 Å². The third-order valence-corrected chi connectivity index (χ3v) is 4.59. The van der Waals surface area contributed by atoms with Gasteiger partial charge in [0.15, 0.2) is 5.78 Å². The number of carbonyl (C=O) groups excluding carboxylic acids is 1. The van der Waals surface area contributed by atoms with Crippen LogP contribution < -0.4 is 0 Å². The molecule has 23 heavy (non-hydrogen) atoms. The zero-order valence-corrected chi connectivity index (χ0v) is 14.9. The maximum Gasteiger partial charge on any atom is 0.277 e. The van der Waals surface area contributed by atoms with Gasteiger partial charge in [-0.05, 0) is 48.5 Å². The summed E-state index contributed by atoms with van der Waals surface area (Å²) in [6.07, 6.45) is 0. The van der Waals surface area contributed by atoms with Crippen molar-refractivity contribution in [3.63, 3.8) is 0 Å². The quantitative estimate of drug-likeness (QED) is 0.432. The Morgan fingerprint density at radius 3 is 2.48 bits per heavy atom. The number of Topliss-reactive ketones (excluding diaryl/α,β-unsaturated/α-hetero) is 1. The van der Waals surface area contributed by atoms with Crippen molar-refractivity contribution in [3.05, 3.63) is 63.6 Å². The molecule has 0 atom stereocenters. The Morgan fingerprint density at radius 1 is 1.09 bits per heavy atom. The molecule has 3 aromatic rings. The molecule has 3 rings (SSSR count). The van der Waals surface area contributed by atoms with Gasteiger partial charge in [-0.2, -0.15) is 0 Å². The van der Waals surface area contributed by atoms with Gasteiger partial charge in [-0.25, -0.2) is 0 Å². The number of hydrogen-bond donors (Lipinski definition) is 0. The summed E-state index contributed by atoms with van der Waals surface area (Å²) in [6, 6.07) is 14.3. The first-order chi connectivity index (χ1) is 11.1. The molecule has 0 aliphatic carbocycles. The highest BCUT2D eigenvalue weighted by Crippen LogP contribution is 2.25. The first-order valence-electron chi connectivity index (χ1n) is 6.63. The molecule has 0 amide bonds. The van der Waals surface area contributed by atoms with Crippen LogP contribution in [0.2, 0.25) is 5.02 Å². The minimum absolute atomic E-state index is 0.0185. The lowest BCUT2D eigenvalue weighted by molar-refractivity contribution is 0.102. The Kier molecular flexibility index (Phi) is 5.15. The predicted octanol–water partition coefficient (Wildman–Crippen LogP) is 5.13. The summed E-state index contributed by atoms with van der Waals surface area (Å²) in [5.74, 6) is 0.637. The fourth-order valence-electron chi connectivity index (χ4n) is 1.82. The number of rotatable bonds is 5. The topological polar surface area (TPSA) is 56.0 Å². The van der Waals surface area contributed by atoms with E-state index < -0.39 is 0 Å². The molecule has 0 saturated carbocycles. The first-order valence-corrected chi connectivity index (χ1v) is 8.78. The monoisotopic (exact) mass is 408 g/mol. The second-order valence-electron chi connectivity index (χ2n) is 4.60. The van der Waals surface area contributed by atoms with Crippen LogP contribution in [0.15, 0.2) is 62.6 Å². The summed E-state index contributed by atoms with van der Waals surface area (Å²) in [7, 11) is 0. The van der Waals surface area contributed by atoms with Crippen molar-refractivity contribution in [2.45, 2.75) is 5.22 Å². The van der Waals surface area contributed by atoms with Crippen LogP contribution in [0.1, 0.15) is 10.4 Å². The van der Waals surface area contributed by atoms with Crippen molar-refractivity contribution in [1.82, 2.24) is 10.2 Å². The average molecular weight is 410 g/mol. The van der Waals surface area contributed by atoms with Gasteiger partial charge < -0.3 is 4.42 Å². The van der Waals surface area contributed by atoms with E-state index in [9.17, 15) is 4.79 Å². The van der Waals surface area contributed by atoms with Crippen molar-refractivity contribution in [2.24, 2.45) is 0 Å². The summed E-state index contributed by atoms with van der Waals surface area (Å²) in [4.78, 5) is 12.1. The van der Waals surface area contributed by atoms with Crippen molar-refractivity contribution >= 4 is 45.1 Å². The number of aromatic nitrogens is 2. The molecule has 116 valence electrons. The van der Waals surface area contributed by atoms with Crippen LogP contribution in [0.5, 0.6) is 0 Å². The van der Waals surface area contributed by atoms with E-state index in [-0.39, 0.29) is 11.5 Å². The van der Waals surface area contributed by atoms with Crippen molar-refractivity contribution in [2.75, 3.05) is 5.75 Å². The van der Waals surface area contributed by atoms with Gasteiger partial charge in [0.25, 0.3) is 5.22 Å². The number of nitrogens with zero attached hydrogens (tertiary/aromatic N) is 2. The van der Waals surface area contributed by atoms with Gasteiger partial charge in [-0.1, -0.05) is 39.3 Å². The first kappa shape index (κ1) is 16.2. The molecule has 0 spiro atoms. The van der Waals surface area contributed by atoms with E-state index in [1.54, 1.807) is 24.3 Å². The highest BCUT2D eigenvalue weighted by Gasteiger charge is 2.12. The van der Waals surface area contributed by atoms with E-state index in [0.717, 1.165) is 10.0 Å². The molecule has 0 radical (unpaired) electrons. The SMILES string of the molecule is O=C(CSc1nnc(-c2ccc(Br)cc2)o1)c1ccc(Cl)cc1. The zero-order chi connectivity index (χ0) is 16.2. The maximum absolute atomic E-state index is 12.1. The standard InChI is InChI=1S/C16H10BrClN2O2S/c17-12-5-1-11(2-6-12)15-19-20-16(22-15)23-9-14(21)10-3-7-13(18)8-4-10/h1-8H,9H2. The van der Waals surface area contributed by atoms with Crippen molar-refractivity contribution in [1.29, 1.82) is 0 Å². The van der Waals surface area contributed by atoms with E-state index in [1.165, 1.54) is 11.8 Å². The van der Waals surface area contributed by atoms with Crippen LogP contribution in [0.3, 0.4) is 0 Å². The number of ketones is 1. The lowest BCUT2D eigenvalue weighted by Gasteiger charge is -1.99. The lowest BCUT2D eigenvalue weighted by Crippen LogP contribution is -2.01. The third kappa shape index (κ3) is 4.22. The van der Waals surface area contributed by atoms with E-state index in [4.69, 9.17) is 16.0 Å². The Morgan fingerprint density at radius 2 is 1.78 bits per heavy atom. The molecule has 0 saturated heterocycles. The zero-order valence-electron chi connectivity index (χ0n) is 11.7. The highest BCUT2D eigenvalue weighted by atomic mass is 79.9. The summed E-state index contributed by atoms with van der Waals surface area (Å²) < 4.78 is 6.54. The minimum atomic E-state index is -0.0185. The summed E-state index contributed by atoms with van der Waals surface area (Å²) in [5.41, 5.74) is 1.44. The smallest absolute Gasteiger partial charge is 0.277 e. The van der Waals surface area contributed by atoms with Gasteiger partial charge in [0.1, 0.15) is 0 Å². The molecule has 1 heterocycles. The van der Waals surface area contributed by atoms with E-state index in [2.05, 4.69) is 26.1 Å². The molecule has 0 bridgehead atoms. The lowest BCUT2D eigenvalue weighted by atomic mass is 10.1. The van der Waals surface area contributed by atoms with Gasteiger partial charge in [0.05, 0.1) is 5.75 Å². The molecule has 2 aromatic carbocycles. The molecule has 0 N–H and O–H groups in total. The molecule has 4 nitrogen and oxygen atoms in total. The second-order valence-corrected chi connectivity index (χ2v) is 6.88.